The average Bonchev–Trinajstić information content (AvgIpc) is 4.02. The van der Waals surface area contributed by atoms with Crippen LogP contribution in [0.3, 0.4) is 0 Å². The Bertz CT molecular complexity index is 3220. The van der Waals surface area contributed by atoms with Crippen LogP contribution in [0.2, 0.25) is 0 Å². The zero-order valence-electron chi connectivity index (χ0n) is 34.5. The normalized spacial score (nSPS) is 15.2. The van der Waals surface area contributed by atoms with Crippen molar-refractivity contribution in [3.63, 3.8) is 0 Å². The van der Waals surface area contributed by atoms with Crippen molar-refractivity contribution in [3.05, 3.63) is 247 Å². The molecule has 9 aromatic carbocycles. The van der Waals surface area contributed by atoms with Crippen molar-refractivity contribution in [3.8, 4) is 16.8 Å². The molecule has 0 bridgehead atoms. The highest BCUT2D eigenvalue weighted by Crippen LogP contribution is 2.55. The predicted octanol–water partition coefficient (Wildman–Crippen LogP) is 15.6. The lowest BCUT2D eigenvalue weighted by molar-refractivity contribution is 0.507. The molecule has 1 spiro atoms. The quantitative estimate of drug-likeness (QED) is 0.152. The summed E-state index contributed by atoms with van der Waals surface area (Å²) in [6.45, 7) is 0. The van der Waals surface area contributed by atoms with Crippen LogP contribution in [0.25, 0.3) is 38.6 Å². The van der Waals surface area contributed by atoms with Crippen LogP contribution in [0.5, 0.6) is 0 Å². The molecule has 0 unspecified atom stereocenters. The highest BCUT2D eigenvalue weighted by Gasteiger charge is 2.45. The number of nitrogens with zero attached hydrogens (tertiary/aromatic N) is 3. The third-order valence-corrected chi connectivity index (χ3v) is 13.6. The van der Waals surface area contributed by atoms with Gasteiger partial charge in [0.15, 0.2) is 0 Å². The van der Waals surface area contributed by atoms with Gasteiger partial charge >= 0.3 is 0 Å². The van der Waals surface area contributed by atoms with E-state index in [4.69, 9.17) is 0 Å². The predicted molar refractivity (Wildman–Crippen MR) is 259 cm³/mol. The second-order valence-corrected chi connectivity index (χ2v) is 16.9. The zero-order valence-corrected chi connectivity index (χ0v) is 34.5. The van der Waals surface area contributed by atoms with Crippen molar-refractivity contribution in [1.29, 1.82) is 0 Å². The molecule has 0 radical (unpaired) electrons. The van der Waals surface area contributed by atoms with Gasteiger partial charge in [-0.3, -0.25) is 0 Å². The number of fused-ring (bicyclic) bond motifs is 7. The van der Waals surface area contributed by atoms with Gasteiger partial charge in [0.05, 0.1) is 11.0 Å². The van der Waals surface area contributed by atoms with Crippen molar-refractivity contribution in [2.24, 2.45) is 0 Å². The van der Waals surface area contributed by atoms with Crippen molar-refractivity contribution >= 4 is 55.9 Å². The zero-order chi connectivity index (χ0) is 41.0. The van der Waals surface area contributed by atoms with E-state index >= 15 is 0 Å². The molecule has 0 N–H and O–H groups in total. The van der Waals surface area contributed by atoms with E-state index in [1.807, 2.05) is 0 Å². The maximum Gasteiger partial charge on any atom is 0.0542 e. The van der Waals surface area contributed by atoms with E-state index in [2.05, 4.69) is 239 Å². The highest BCUT2D eigenvalue weighted by molar-refractivity contribution is 6.10. The summed E-state index contributed by atoms with van der Waals surface area (Å²) in [5.41, 5.74) is 18.9. The van der Waals surface area contributed by atoms with Crippen molar-refractivity contribution in [2.75, 3.05) is 9.80 Å². The fourth-order valence-electron chi connectivity index (χ4n) is 10.7. The molecule has 10 aromatic rings. The topological polar surface area (TPSA) is 11.4 Å². The van der Waals surface area contributed by atoms with Gasteiger partial charge < -0.3 is 14.4 Å². The van der Waals surface area contributed by atoms with Gasteiger partial charge in [-0.25, -0.2) is 0 Å². The molecule has 3 heteroatoms. The van der Waals surface area contributed by atoms with Gasteiger partial charge in [-0.05, 0) is 156 Å². The van der Waals surface area contributed by atoms with Crippen LogP contribution < -0.4 is 9.80 Å². The van der Waals surface area contributed by atoms with Gasteiger partial charge in [0.25, 0.3) is 0 Å². The number of para-hydroxylation sites is 4. The van der Waals surface area contributed by atoms with Gasteiger partial charge in [-0.1, -0.05) is 127 Å². The Balaban J connectivity index is 0.970. The summed E-state index contributed by atoms with van der Waals surface area (Å²) < 4.78 is 2.39. The number of anilines is 6. The monoisotopic (exact) mass is 795 g/mol. The number of rotatable bonds is 8. The van der Waals surface area contributed by atoms with E-state index in [0.29, 0.717) is 0 Å². The molecule has 62 heavy (non-hydrogen) atoms. The summed E-state index contributed by atoms with van der Waals surface area (Å²) in [5, 5.41) is 2.50. The van der Waals surface area contributed by atoms with E-state index in [0.717, 1.165) is 48.4 Å². The van der Waals surface area contributed by atoms with Gasteiger partial charge in [0, 0.05) is 56.0 Å². The Morgan fingerprint density at radius 3 is 1.39 bits per heavy atom. The SMILES string of the molecule is c1ccc(-c2ccc(N(c3ccccc3)c3ccc4c(c3)[C@@]3(CC4)CCc4ccc(N(c5ccccc5)c5ccc6c(c5)c5ccccc5n6-c5ccccc5)cc43)cc2)cc1. The lowest BCUT2D eigenvalue weighted by Gasteiger charge is -2.31. The molecular weight excluding hydrogens is 751 g/mol. The first-order valence-corrected chi connectivity index (χ1v) is 21.9. The minimum Gasteiger partial charge on any atom is -0.310 e. The minimum atomic E-state index is -0.0500. The number of aryl methyl sites for hydroxylation is 2. The number of hydrogen-bond acceptors (Lipinski definition) is 2. The molecular formula is C59H45N3. The molecule has 0 saturated carbocycles. The van der Waals surface area contributed by atoms with Crippen molar-refractivity contribution in [1.82, 2.24) is 4.57 Å². The molecule has 0 saturated heterocycles. The largest absolute Gasteiger partial charge is 0.310 e. The summed E-state index contributed by atoms with van der Waals surface area (Å²) >= 11 is 0. The molecule has 0 amide bonds. The number of aromatic nitrogens is 1. The Morgan fingerprint density at radius 2 is 0.774 bits per heavy atom. The first-order chi connectivity index (χ1) is 30.7. The van der Waals surface area contributed by atoms with Crippen molar-refractivity contribution < 1.29 is 0 Å². The molecule has 1 atom stereocenters. The summed E-state index contributed by atoms with van der Waals surface area (Å²) in [6.07, 6.45) is 4.41. The van der Waals surface area contributed by atoms with E-state index < -0.39 is 0 Å². The summed E-state index contributed by atoms with van der Waals surface area (Å²) in [7, 11) is 0. The summed E-state index contributed by atoms with van der Waals surface area (Å²) in [6, 6.07) is 82.5. The molecule has 3 nitrogen and oxygen atoms in total. The van der Waals surface area contributed by atoms with Crippen LogP contribution in [0.4, 0.5) is 34.1 Å². The minimum absolute atomic E-state index is 0.0500. The van der Waals surface area contributed by atoms with Gasteiger partial charge in [0.2, 0.25) is 0 Å². The summed E-state index contributed by atoms with van der Waals surface area (Å²) in [4.78, 5) is 4.89. The fraction of sp³-hybridized carbons (Fsp3) is 0.0847. The highest BCUT2D eigenvalue weighted by atomic mass is 15.1. The molecule has 2 aliphatic carbocycles. The molecule has 1 heterocycles. The fourth-order valence-corrected chi connectivity index (χ4v) is 10.7. The Labute approximate surface area is 363 Å². The maximum absolute atomic E-state index is 2.53. The van der Waals surface area contributed by atoms with Crippen LogP contribution >= 0.6 is 0 Å². The maximum atomic E-state index is 2.53. The van der Waals surface area contributed by atoms with Crippen LogP contribution in [0.15, 0.2) is 224 Å². The lowest BCUT2D eigenvalue weighted by atomic mass is 9.76. The van der Waals surface area contributed by atoms with E-state index in [1.54, 1.807) is 0 Å². The van der Waals surface area contributed by atoms with Crippen LogP contribution in [-0.4, -0.2) is 4.57 Å². The molecule has 296 valence electrons. The first-order valence-electron chi connectivity index (χ1n) is 21.9. The summed E-state index contributed by atoms with van der Waals surface area (Å²) in [5.74, 6) is 0. The second-order valence-electron chi connectivity index (χ2n) is 16.9. The number of benzene rings is 9. The molecule has 1 aromatic heterocycles. The second kappa shape index (κ2) is 14.8. The van der Waals surface area contributed by atoms with E-state index in [-0.39, 0.29) is 5.41 Å². The van der Waals surface area contributed by atoms with Crippen LogP contribution in [-0.2, 0) is 18.3 Å². The van der Waals surface area contributed by atoms with Crippen LogP contribution in [0.1, 0.15) is 35.1 Å². The number of hydrogen-bond donors (Lipinski definition) is 0. The lowest BCUT2D eigenvalue weighted by Crippen LogP contribution is -2.22. The third kappa shape index (κ3) is 5.96. The smallest absolute Gasteiger partial charge is 0.0542 e. The Hall–Kier alpha value is -7.62. The molecule has 2 aliphatic rings. The standard InChI is InChI=1S/C59H45N3/c1-5-15-42(16-6-1)43-25-29-49(30-26-43)60(46-17-7-2-8-18-46)51-31-27-44-35-37-59(55(44)40-51)38-36-45-28-32-52(41-56(45)59)61(47-19-9-3-10-20-47)50-33-34-58-54(39-50)53-23-13-14-24-57(53)62(58)48-21-11-4-12-22-48/h1-34,39-41H,35-38H2/t59-/m1/s1. The first kappa shape index (κ1) is 36.2. The van der Waals surface area contributed by atoms with E-state index in [1.165, 1.54) is 72.2 Å². The Kier molecular flexibility index (Phi) is 8.67. The van der Waals surface area contributed by atoms with Gasteiger partial charge in [0.1, 0.15) is 0 Å². The molecule has 0 fully saturated rings. The third-order valence-electron chi connectivity index (χ3n) is 13.6. The van der Waals surface area contributed by atoms with Gasteiger partial charge in [-0.2, -0.15) is 0 Å². The Morgan fingerprint density at radius 1 is 0.339 bits per heavy atom. The van der Waals surface area contributed by atoms with Crippen molar-refractivity contribution in [2.45, 2.75) is 31.1 Å². The van der Waals surface area contributed by atoms with E-state index in [9.17, 15) is 0 Å². The molecule has 12 rings (SSSR count). The molecule has 0 aliphatic heterocycles. The van der Waals surface area contributed by atoms with Crippen LogP contribution in [0, 0.1) is 0 Å². The average molecular weight is 796 g/mol. The van der Waals surface area contributed by atoms with Gasteiger partial charge in [-0.15, -0.1) is 0 Å².